The second-order valence-corrected chi connectivity index (χ2v) is 4.24. The van der Waals surface area contributed by atoms with E-state index in [9.17, 15) is 18.7 Å². The quantitative estimate of drug-likeness (QED) is 0.838. The molecule has 1 atom stereocenters. The molecule has 2 rings (SSSR count). The van der Waals surface area contributed by atoms with Gasteiger partial charge in [-0.15, -0.1) is 0 Å². The SMILES string of the molecule is O=C(NC[C@H](O)C1CC1)c1cc(F)ccc1F. The van der Waals surface area contributed by atoms with Crippen molar-refractivity contribution < 1.29 is 18.7 Å². The van der Waals surface area contributed by atoms with Gasteiger partial charge < -0.3 is 10.4 Å². The molecule has 0 heterocycles. The van der Waals surface area contributed by atoms with Crippen molar-refractivity contribution in [2.75, 3.05) is 6.54 Å². The number of rotatable bonds is 4. The molecule has 0 bridgehead atoms. The van der Waals surface area contributed by atoms with Crippen molar-refractivity contribution >= 4 is 5.91 Å². The zero-order valence-electron chi connectivity index (χ0n) is 9.12. The lowest BCUT2D eigenvalue weighted by Gasteiger charge is -2.11. The summed E-state index contributed by atoms with van der Waals surface area (Å²) in [6.07, 6.45) is 1.30. The van der Waals surface area contributed by atoms with Gasteiger partial charge in [0.2, 0.25) is 0 Å². The summed E-state index contributed by atoms with van der Waals surface area (Å²) in [6.45, 7) is 0.0689. The molecule has 0 saturated heterocycles. The summed E-state index contributed by atoms with van der Waals surface area (Å²) in [5, 5.41) is 11.9. The highest BCUT2D eigenvalue weighted by atomic mass is 19.1. The normalized spacial score (nSPS) is 16.6. The fourth-order valence-corrected chi connectivity index (χ4v) is 1.61. The molecule has 2 N–H and O–H groups in total. The minimum atomic E-state index is -0.773. The van der Waals surface area contributed by atoms with Crippen molar-refractivity contribution in [2.24, 2.45) is 5.92 Å². The van der Waals surface area contributed by atoms with Gasteiger partial charge in [-0.2, -0.15) is 0 Å². The minimum absolute atomic E-state index is 0.0689. The average Bonchev–Trinajstić information content (AvgIpc) is 3.12. The van der Waals surface area contributed by atoms with Crippen molar-refractivity contribution in [2.45, 2.75) is 18.9 Å². The fraction of sp³-hybridized carbons (Fsp3) is 0.417. The standard InChI is InChI=1S/C12H13F2NO2/c13-8-3-4-10(14)9(5-8)12(17)15-6-11(16)7-1-2-7/h3-5,7,11,16H,1-2,6H2,(H,15,17)/t11-/m0/s1. The van der Waals surface area contributed by atoms with E-state index in [1.54, 1.807) is 0 Å². The molecule has 1 aromatic rings. The smallest absolute Gasteiger partial charge is 0.254 e. The predicted molar refractivity (Wildman–Crippen MR) is 57.4 cm³/mol. The number of nitrogens with one attached hydrogen (secondary N) is 1. The number of hydrogen-bond donors (Lipinski definition) is 2. The molecule has 0 unspecified atom stereocenters. The van der Waals surface area contributed by atoms with Gasteiger partial charge in [0.15, 0.2) is 0 Å². The summed E-state index contributed by atoms with van der Waals surface area (Å²) in [6, 6.07) is 2.70. The summed E-state index contributed by atoms with van der Waals surface area (Å²) in [5.74, 6) is -1.92. The molecule has 1 fully saturated rings. The molecule has 17 heavy (non-hydrogen) atoms. The average molecular weight is 241 g/mol. The van der Waals surface area contributed by atoms with Crippen LogP contribution in [0.25, 0.3) is 0 Å². The molecule has 0 spiro atoms. The molecule has 5 heteroatoms. The van der Waals surface area contributed by atoms with Gasteiger partial charge in [0, 0.05) is 6.54 Å². The van der Waals surface area contributed by atoms with E-state index in [-0.39, 0.29) is 18.0 Å². The molecule has 1 aliphatic carbocycles. The lowest BCUT2D eigenvalue weighted by Crippen LogP contribution is -2.33. The van der Waals surface area contributed by atoms with Crippen LogP contribution >= 0.6 is 0 Å². The van der Waals surface area contributed by atoms with Gasteiger partial charge in [-0.3, -0.25) is 4.79 Å². The maximum absolute atomic E-state index is 13.2. The maximum atomic E-state index is 13.2. The topological polar surface area (TPSA) is 49.3 Å². The highest BCUT2D eigenvalue weighted by Gasteiger charge is 2.29. The Morgan fingerprint density at radius 1 is 1.47 bits per heavy atom. The van der Waals surface area contributed by atoms with Crippen LogP contribution in [0.15, 0.2) is 18.2 Å². The number of aliphatic hydroxyl groups excluding tert-OH is 1. The molecule has 0 aliphatic heterocycles. The van der Waals surface area contributed by atoms with E-state index in [0.717, 1.165) is 31.0 Å². The van der Waals surface area contributed by atoms with E-state index in [1.807, 2.05) is 0 Å². The summed E-state index contributed by atoms with van der Waals surface area (Å²) >= 11 is 0. The van der Waals surface area contributed by atoms with Crippen molar-refractivity contribution in [1.29, 1.82) is 0 Å². The number of aliphatic hydroxyl groups is 1. The second-order valence-electron chi connectivity index (χ2n) is 4.24. The van der Waals surface area contributed by atoms with E-state index in [4.69, 9.17) is 0 Å². The Labute approximate surface area is 97.5 Å². The van der Waals surface area contributed by atoms with Crippen LogP contribution in [0.2, 0.25) is 0 Å². The molecule has 1 aromatic carbocycles. The van der Waals surface area contributed by atoms with Crippen LogP contribution in [0.1, 0.15) is 23.2 Å². The molecule has 1 saturated carbocycles. The number of carbonyl (C=O) groups excluding carboxylic acids is 1. The molecule has 0 radical (unpaired) electrons. The number of benzene rings is 1. The van der Waals surface area contributed by atoms with Gasteiger partial charge in [-0.05, 0) is 37.0 Å². The Kier molecular flexibility index (Phi) is 3.38. The van der Waals surface area contributed by atoms with Gasteiger partial charge >= 0.3 is 0 Å². The van der Waals surface area contributed by atoms with E-state index in [1.165, 1.54) is 0 Å². The first-order chi connectivity index (χ1) is 8.08. The summed E-state index contributed by atoms with van der Waals surface area (Å²) in [5.41, 5.74) is -0.340. The second kappa shape index (κ2) is 4.79. The Bertz CT molecular complexity index is 433. The first kappa shape index (κ1) is 12.0. The summed E-state index contributed by atoms with van der Waals surface area (Å²) in [7, 11) is 0. The molecule has 3 nitrogen and oxygen atoms in total. The Morgan fingerprint density at radius 2 is 2.18 bits per heavy atom. The van der Waals surface area contributed by atoms with E-state index in [0.29, 0.717) is 0 Å². The van der Waals surface area contributed by atoms with E-state index >= 15 is 0 Å². The van der Waals surface area contributed by atoms with Gasteiger partial charge in [-0.1, -0.05) is 0 Å². The highest BCUT2D eigenvalue weighted by Crippen LogP contribution is 2.32. The first-order valence-electron chi connectivity index (χ1n) is 5.49. The van der Waals surface area contributed by atoms with Gasteiger partial charge in [0.1, 0.15) is 11.6 Å². The molecule has 0 aromatic heterocycles. The summed E-state index contributed by atoms with van der Waals surface area (Å²) in [4.78, 5) is 11.5. The molecule has 1 aliphatic rings. The number of halogens is 2. The molecular weight excluding hydrogens is 228 g/mol. The Balaban J connectivity index is 1.96. The predicted octanol–water partition coefficient (Wildman–Crippen LogP) is 1.47. The van der Waals surface area contributed by atoms with E-state index < -0.39 is 23.6 Å². The lowest BCUT2D eigenvalue weighted by molar-refractivity contribution is 0.0896. The lowest BCUT2D eigenvalue weighted by atomic mass is 10.2. The van der Waals surface area contributed by atoms with Crippen LogP contribution in [0, 0.1) is 17.6 Å². The molecular formula is C12H13F2NO2. The Morgan fingerprint density at radius 3 is 2.82 bits per heavy atom. The van der Waals surface area contributed by atoms with Crippen LogP contribution < -0.4 is 5.32 Å². The van der Waals surface area contributed by atoms with Crippen molar-refractivity contribution in [3.05, 3.63) is 35.4 Å². The third-order valence-electron chi connectivity index (χ3n) is 2.81. The fourth-order valence-electron chi connectivity index (χ4n) is 1.61. The largest absolute Gasteiger partial charge is 0.391 e. The zero-order chi connectivity index (χ0) is 12.4. The van der Waals surface area contributed by atoms with Crippen LogP contribution in [0.5, 0.6) is 0 Å². The van der Waals surface area contributed by atoms with Gasteiger partial charge in [0.05, 0.1) is 11.7 Å². The molecule has 1 amide bonds. The number of carbonyl (C=O) groups is 1. The van der Waals surface area contributed by atoms with Crippen molar-refractivity contribution in [1.82, 2.24) is 5.32 Å². The molecule has 92 valence electrons. The summed E-state index contributed by atoms with van der Waals surface area (Å²) < 4.78 is 26.1. The van der Waals surface area contributed by atoms with Crippen LogP contribution in [-0.2, 0) is 0 Å². The monoisotopic (exact) mass is 241 g/mol. The third kappa shape index (κ3) is 3.00. The minimum Gasteiger partial charge on any atom is -0.391 e. The van der Waals surface area contributed by atoms with Crippen LogP contribution in [-0.4, -0.2) is 23.7 Å². The van der Waals surface area contributed by atoms with Crippen molar-refractivity contribution in [3.63, 3.8) is 0 Å². The maximum Gasteiger partial charge on any atom is 0.254 e. The van der Waals surface area contributed by atoms with E-state index in [2.05, 4.69) is 5.32 Å². The van der Waals surface area contributed by atoms with Crippen molar-refractivity contribution in [3.8, 4) is 0 Å². The third-order valence-corrected chi connectivity index (χ3v) is 2.81. The first-order valence-corrected chi connectivity index (χ1v) is 5.49. The van der Waals surface area contributed by atoms with Gasteiger partial charge in [-0.25, -0.2) is 8.78 Å². The Hall–Kier alpha value is -1.49. The highest BCUT2D eigenvalue weighted by molar-refractivity contribution is 5.94. The van der Waals surface area contributed by atoms with Crippen LogP contribution in [0.3, 0.4) is 0 Å². The zero-order valence-corrected chi connectivity index (χ0v) is 9.12. The van der Waals surface area contributed by atoms with Gasteiger partial charge in [0.25, 0.3) is 5.91 Å². The number of amides is 1. The van der Waals surface area contributed by atoms with Crippen LogP contribution in [0.4, 0.5) is 8.78 Å². The number of hydrogen-bond acceptors (Lipinski definition) is 2.